The molecule has 2 heterocycles. The van der Waals surface area contributed by atoms with Crippen molar-refractivity contribution in [3.05, 3.63) is 44.8 Å². The summed E-state index contributed by atoms with van der Waals surface area (Å²) in [4.78, 5) is 16.7. The van der Waals surface area contributed by atoms with E-state index < -0.39 is 0 Å². The maximum atomic E-state index is 10.8. The molecule has 2 aromatic rings. The van der Waals surface area contributed by atoms with Crippen LogP contribution in [0.25, 0.3) is 0 Å². The highest BCUT2D eigenvalue weighted by molar-refractivity contribution is 7.07. The molecule has 0 saturated heterocycles. The van der Waals surface area contributed by atoms with E-state index in [2.05, 4.69) is 15.3 Å². The number of aromatic amines is 2. The zero-order chi connectivity index (χ0) is 9.80. The fourth-order valence-corrected chi connectivity index (χ4v) is 1.79. The quantitative estimate of drug-likeness (QED) is 0.705. The van der Waals surface area contributed by atoms with Crippen molar-refractivity contribution < 1.29 is 0 Å². The Balaban J connectivity index is 1.81. The molecule has 0 fully saturated rings. The largest absolute Gasteiger partial charge is 0.364 e. The van der Waals surface area contributed by atoms with Gasteiger partial charge in [-0.3, -0.25) is 4.79 Å². The Bertz CT molecular complexity index is 429. The van der Waals surface area contributed by atoms with Crippen LogP contribution in [-0.4, -0.2) is 9.97 Å². The van der Waals surface area contributed by atoms with Crippen LogP contribution in [0.5, 0.6) is 0 Å². The number of hydrogen-bond acceptors (Lipinski definition) is 3. The van der Waals surface area contributed by atoms with E-state index in [1.54, 1.807) is 0 Å². The first-order valence-electron chi connectivity index (χ1n) is 4.34. The van der Waals surface area contributed by atoms with Crippen molar-refractivity contribution >= 4 is 11.3 Å². The third-order valence-corrected chi connectivity index (χ3v) is 2.58. The molecular weight excluding hydrogens is 198 g/mol. The standard InChI is InChI=1S/C9H11N3OS/c13-9-12-8(6-14-9)5-10-4-7-2-1-3-11-7/h1-3,6,10-11H,4-5H2,(H,12,13). The minimum absolute atomic E-state index is 0.00155. The van der Waals surface area contributed by atoms with Crippen molar-refractivity contribution in [2.24, 2.45) is 0 Å². The highest BCUT2D eigenvalue weighted by Gasteiger charge is 1.96. The molecule has 4 nitrogen and oxygen atoms in total. The van der Waals surface area contributed by atoms with Crippen molar-refractivity contribution in [1.29, 1.82) is 0 Å². The van der Waals surface area contributed by atoms with Gasteiger partial charge in [-0.1, -0.05) is 11.3 Å². The summed E-state index contributed by atoms with van der Waals surface area (Å²) in [6, 6.07) is 3.98. The molecule has 0 aromatic carbocycles. The minimum atomic E-state index is 0.00155. The summed E-state index contributed by atoms with van der Waals surface area (Å²) in [6.07, 6.45) is 1.89. The van der Waals surface area contributed by atoms with E-state index in [9.17, 15) is 4.79 Å². The van der Waals surface area contributed by atoms with Crippen LogP contribution < -0.4 is 10.2 Å². The molecule has 0 amide bonds. The lowest BCUT2D eigenvalue weighted by Crippen LogP contribution is -2.13. The molecule has 2 aromatic heterocycles. The Morgan fingerprint density at radius 2 is 2.21 bits per heavy atom. The molecule has 0 spiro atoms. The lowest BCUT2D eigenvalue weighted by molar-refractivity contribution is 0.672. The first kappa shape index (κ1) is 9.23. The molecule has 74 valence electrons. The third-order valence-electron chi connectivity index (χ3n) is 1.86. The van der Waals surface area contributed by atoms with Gasteiger partial charge in [0, 0.05) is 36.1 Å². The van der Waals surface area contributed by atoms with Gasteiger partial charge in [0.15, 0.2) is 0 Å². The molecule has 0 radical (unpaired) electrons. The van der Waals surface area contributed by atoms with Crippen molar-refractivity contribution in [1.82, 2.24) is 15.3 Å². The van der Waals surface area contributed by atoms with E-state index in [0.29, 0.717) is 6.54 Å². The van der Waals surface area contributed by atoms with Crippen molar-refractivity contribution in [2.45, 2.75) is 13.1 Å². The second-order valence-corrected chi connectivity index (χ2v) is 3.81. The number of hydrogen-bond donors (Lipinski definition) is 3. The minimum Gasteiger partial charge on any atom is -0.364 e. The zero-order valence-corrected chi connectivity index (χ0v) is 8.36. The maximum Gasteiger partial charge on any atom is 0.304 e. The highest BCUT2D eigenvalue weighted by Crippen LogP contribution is 1.97. The fraction of sp³-hybridized carbons (Fsp3) is 0.222. The normalized spacial score (nSPS) is 10.6. The average molecular weight is 209 g/mol. The molecule has 14 heavy (non-hydrogen) atoms. The fourth-order valence-electron chi connectivity index (χ4n) is 1.21. The summed E-state index contributed by atoms with van der Waals surface area (Å²) < 4.78 is 0. The van der Waals surface area contributed by atoms with Gasteiger partial charge < -0.3 is 15.3 Å². The molecule has 0 saturated carbocycles. The van der Waals surface area contributed by atoms with Crippen molar-refractivity contribution in [3.63, 3.8) is 0 Å². The predicted molar refractivity (Wildman–Crippen MR) is 56.3 cm³/mol. The van der Waals surface area contributed by atoms with E-state index in [-0.39, 0.29) is 4.87 Å². The van der Waals surface area contributed by atoms with Crippen molar-refractivity contribution in [3.8, 4) is 0 Å². The second kappa shape index (κ2) is 4.26. The van der Waals surface area contributed by atoms with Gasteiger partial charge in [-0.05, 0) is 12.1 Å². The lowest BCUT2D eigenvalue weighted by atomic mass is 10.4. The Kier molecular flexibility index (Phi) is 2.81. The van der Waals surface area contributed by atoms with Gasteiger partial charge in [-0.2, -0.15) is 0 Å². The van der Waals surface area contributed by atoms with Gasteiger partial charge in [0.2, 0.25) is 0 Å². The van der Waals surface area contributed by atoms with Crippen LogP contribution in [0.2, 0.25) is 0 Å². The molecule has 0 aliphatic rings. The van der Waals surface area contributed by atoms with E-state index in [1.807, 2.05) is 23.7 Å². The molecule has 0 unspecified atom stereocenters. The molecule has 2 rings (SSSR count). The van der Waals surface area contributed by atoms with Crippen LogP contribution in [0.1, 0.15) is 11.4 Å². The number of rotatable bonds is 4. The molecule has 5 heteroatoms. The van der Waals surface area contributed by atoms with Gasteiger partial charge in [0.1, 0.15) is 0 Å². The van der Waals surface area contributed by atoms with Gasteiger partial charge in [-0.25, -0.2) is 0 Å². The van der Waals surface area contributed by atoms with E-state index >= 15 is 0 Å². The zero-order valence-electron chi connectivity index (χ0n) is 7.54. The van der Waals surface area contributed by atoms with Gasteiger partial charge in [-0.15, -0.1) is 0 Å². The third kappa shape index (κ3) is 2.34. The van der Waals surface area contributed by atoms with Gasteiger partial charge in [0.25, 0.3) is 0 Å². The molecule has 0 aliphatic carbocycles. The number of H-pyrrole nitrogens is 2. The Labute approximate surface area is 85.0 Å². The molecular formula is C9H11N3OS. The summed E-state index contributed by atoms with van der Waals surface area (Å²) >= 11 is 1.19. The maximum absolute atomic E-state index is 10.8. The van der Waals surface area contributed by atoms with Gasteiger partial charge in [0.05, 0.1) is 0 Å². The molecule has 3 N–H and O–H groups in total. The summed E-state index contributed by atoms with van der Waals surface area (Å²) in [5.74, 6) is 0. The lowest BCUT2D eigenvalue weighted by Gasteiger charge is -2.00. The van der Waals surface area contributed by atoms with Crippen LogP contribution in [0.15, 0.2) is 28.5 Å². The molecule has 0 bridgehead atoms. The Morgan fingerprint density at radius 1 is 1.36 bits per heavy atom. The van der Waals surface area contributed by atoms with Crippen molar-refractivity contribution in [2.75, 3.05) is 0 Å². The predicted octanol–water partition coefficient (Wildman–Crippen LogP) is 1.05. The molecule has 0 atom stereocenters. The van der Waals surface area contributed by atoms with Crippen LogP contribution in [0, 0.1) is 0 Å². The summed E-state index contributed by atoms with van der Waals surface area (Å²) in [6.45, 7) is 1.47. The van der Waals surface area contributed by atoms with Crippen LogP contribution in [0.3, 0.4) is 0 Å². The number of nitrogens with one attached hydrogen (secondary N) is 3. The van der Waals surface area contributed by atoms with Crippen LogP contribution in [-0.2, 0) is 13.1 Å². The van der Waals surface area contributed by atoms with Crippen LogP contribution in [0.4, 0.5) is 0 Å². The number of aromatic nitrogens is 2. The summed E-state index contributed by atoms with van der Waals surface area (Å²) in [7, 11) is 0. The molecule has 0 aliphatic heterocycles. The number of thiazole rings is 1. The first-order chi connectivity index (χ1) is 6.84. The van der Waals surface area contributed by atoms with E-state index in [0.717, 1.165) is 17.9 Å². The SMILES string of the molecule is O=c1[nH]c(CNCc2ccc[nH]2)cs1. The summed E-state index contributed by atoms with van der Waals surface area (Å²) in [5, 5.41) is 5.06. The highest BCUT2D eigenvalue weighted by atomic mass is 32.1. The Hall–Kier alpha value is -1.33. The Morgan fingerprint density at radius 3 is 2.86 bits per heavy atom. The monoisotopic (exact) mass is 209 g/mol. The average Bonchev–Trinajstić information content (AvgIpc) is 2.77. The smallest absolute Gasteiger partial charge is 0.304 e. The second-order valence-electron chi connectivity index (χ2n) is 2.97. The van der Waals surface area contributed by atoms with Crippen LogP contribution >= 0.6 is 11.3 Å². The topological polar surface area (TPSA) is 60.7 Å². The first-order valence-corrected chi connectivity index (χ1v) is 5.22. The summed E-state index contributed by atoms with van der Waals surface area (Å²) in [5.41, 5.74) is 2.08. The van der Waals surface area contributed by atoms with Gasteiger partial charge >= 0.3 is 4.87 Å². The van der Waals surface area contributed by atoms with E-state index in [4.69, 9.17) is 0 Å². The van der Waals surface area contributed by atoms with E-state index in [1.165, 1.54) is 11.3 Å².